The summed E-state index contributed by atoms with van der Waals surface area (Å²) in [7, 11) is 0. The van der Waals surface area contributed by atoms with E-state index < -0.39 is 0 Å². The maximum atomic E-state index is 5.91. The molecule has 1 rings (SSSR count). The van der Waals surface area contributed by atoms with Crippen LogP contribution in [-0.2, 0) is 11.8 Å². The fraction of sp³-hybridized carbons (Fsp3) is 0.667. The topological polar surface area (TPSA) is 35.2 Å². The lowest BCUT2D eigenvalue weighted by Gasteiger charge is -2.23. The predicted octanol–water partition coefficient (Wildman–Crippen LogP) is 4.30. The smallest absolute Gasteiger partial charge is 0.122 e. The van der Waals surface area contributed by atoms with Gasteiger partial charge in [-0.2, -0.15) is 0 Å². The summed E-state index contributed by atoms with van der Waals surface area (Å²) in [5.41, 5.74) is 8.76. The number of ether oxygens (including phenoxy) is 1. The Morgan fingerprint density at radius 3 is 2.35 bits per heavy atom. The van der Waals surface area contributed by atoms with Crippen molar-refractivity contribution in [2.75, 3.05) is 6.61 Å². The van der Waals surface area contributed by atoms with Crippen molar-refractivity contribution in [3.05, 3.63) is 29.3 Å². The molecule has 0 amide bonds. The van der Waals surface area contributed by atoms with Crippen molar-refractivity contribution in [3.8, 4) is 5.75 Å². The predicted molar refractivity (Wildman–Crippen MR) is 87.4 cm³/mol. The van der Waals surface area contributed by atoms with Crippen LogP contribution in [0.15, 0.2) is 18.2 Å². The third-order valence-corrected chi connectivity index (χ3v) is 3.57. The van der Waals surface area contributed by atoms with Gasteiger partial charge in [-0.1, -0.05) is 39.8 Å². The van der Waals surface area contributed by atoms with E-state index in [0.717, 1.165) is 18.6 Å². The molecule has 0 bridgehead atoms. The Labute approximate surface area is 124 Å². The molecule has 1 aromatic rings. The summed E-state index contributed by atoms with van der Waals surface area (Å²) in [5, 5.41) is 0. The second-order valence-electron chi connectivity index (χ2n) is 7.03. The van der Waals surface area contributed by atoms with Gasteiger partial charge < -0.3 is 10.5 Å². The monoisotopic (exact) mass is 277 g/mol. The summed E-state index contributed by atoms with van der Waals surface area (Å²) >= 11 is 0. The van der Waals surface area contributed by atoms with E-state index in [1.54, 1.807) is 0 Å². The SMILES string of the molecule is CCOc1ccc(C(C)(C)C)cc1CC(C)CC(C)N. The first-order valence-corrected chi connectivity index (χ1v) is 7.75. The molecule has 0 aromatic heterocycles. The van der Waals surface area contributed by atoms with Gasteiger partial charge in [0.1, 0.15) is 5.75 Å². The second-order valence-corrected chi connectivity index (χ2v) is 7.03. The molecule has 0 saturated heterocycles. The lowest BCUT2D eigenvalue weighted by Crippen LogP contribution is -2.19. The third-order valence-electron chi connectivity index (χ3n) is 3.57. The lowest BCUT2D eigenvalue weighted by molar-refractivity contribution is 0.333. The molecule has 0 saturated carbocycles. The highest BCUT2D eigenvalue weighted by atomic mass is 16.5. The standard InChI is InChI=1S/C18H31NO/c1-7-20-17-9-8-16(18(4,5)6)12-15(17)11-13(2)10-14(3)19/h8-9,12-14H,7,10-11,19H2,1-6H3. The molecule has 2 N–H and O–H groups in total. The van der Waals surface area contributed by atoms with E-state index in [1.165, 1.54) is 11.1 Å². The van der Waals surface area contributed by atoms with Gasteiger partial charge >= 0.3 is 0 Å². The number of benzene rings is 1. The number of hydrogen-bond acceptors (Lipinski definition) is 2. The van der Waals surface area contributed by atoms with Crippen molar-refractivity contribution in [2.24, 2.45) is 11.7 Å². The van der Waals surface area contributed by atoms with Crippen LogP contribution in [-0.4, -0.2) is 12.6 Å². The Kier molecular flexibility index (Phi) is 6.07. The van der Waals surface area contributed by atoms with Crippen LogP contribution in [0.2, 0.25) is 0 Å². The zero-order valence-corrected chi connectivity index (χ0v) is 14.0. The number of hydrogen-bond donors (Lipinski definition) is 1. The van der Waals surface area contributed by atoms with Gasteiger partial charge in [0.05, 0.1) is 6.61 Å². The first kappa shape index (κ1) is 17.0. The van der Waals surface area contributed by atoms with Crippen molar-refractivity contribution in [1.29, 1.82) is 0 Å². The average Bonchev–Trinajstić information content (AvgIpc) is 2.29. The van der Waals surface area contributed by atoms with E-state index in [2.05, 4.69) is 52.8 Å². The Bertz CT molecular complexity index is 418. The van der Waals surface area contributed by atoms with Gasteiger partial charge in [0.15, 0.2) is 0 Å². The molecule has 0 aliphatic rings. The molecule has 2 unspecified atom stereocenters. The Balaban J connectivity index is 2.99. The van der Waals surface area contributed by atoms with Crippen molar-refractivity contribution < 1.29 is 4.74 Å². The molecular weight excluding hydrogens is 246 g/mol. The molecule has 20 heavy (non-hydrogen) atoms. The van der Waals surface area contributed by atoms with E-state index in [0.29, 0.717) is 12.5 Å². The minimum atomic E-state index is 0.171. The quantitative estimate of drug-likeness (QED) is 0.841. The average molecular weight is 277 g/mol. The minimum absolute atomic E-state index is 0.171. The molecule has 114 valence electrons. The Morgan fingerprint density at radius 2 is 1.85 bits per heavy atom. The van der Waals surface area contributed by atoms with Crippen LogP contribution in [0.1, 0.15) is 59.1 Å². The molecule has 0 fully saturated rings. The fourth-order valence-electron chi connectivity index (χ4n) is 2.60. The summed E-state index contributed by atoms with van der Waals surface area (Å²) in [6, 6.07) is 6.87. The molecule has 0 aliphatic heterocycles. The van der Waals surface area contributed by atoms with Crippen LogP contribution in [0.25, 0.3) is 0 Å². The van der Waals surface area contributed by atoms with Crippen LogP contribution in [0, 0.1) is 5.92 Å². The zero-order chi connectivity index (χ0) is 15.3. The Hall–Kier alpha value is -1.02. The maximum Gasteiger partial charge on any atom is 0.122 e. The van der Waals surface area contributed by atoms with Gasteiger partial charge in [0.2, 0.25) is 0 Å². The molecule has 2 nitrogen and oxygen atoms in total. The zero-order valence-electron chi connectivity index (χ0n) is 14.0. The number of nitrogens with two attached hydrogens (primary N) is 1. The van der Waals surface area contributed by atoms with Crippen molar-refractivity contribution in [1.82, 2.24) is 0 Å². The summed E-state index contributed by atoms with van der Waals surface area (Å²) < 4.78 is 5.78. The highest BCUT2D eigenvalue weighted by Crippen LogP contribution is 2.30. The molecule has 1 aromatic carbocycles. The highest BCUT2D eigenvalue weighted by Gasteiger charge is 2.17. The molecule has 2 atom stereocenters. The molecular formula is C18H31NO. The summed E-state index contributed by atoms with van der Waals surface area (Å²) in [6.07, 6.45) is 2.08. The molecule has 0 aliphatic carbocycles. The molecule has 0 heterocycles. The summed E-state index contributed by atoms with van der Waals surface area (Å²) in [4.78, 5) is 0. The fourth-order valence-corrected chi connectivity index (χ4v) is 2.60. The Morgan fingerprint density at radius 1 is 1.20 bits per heavy atom. The van der Waals surface area contributed by atoms with Gasteiger partial charge in [0.25, 0.3) is 0 Å². The highest BCUT2D eigenvalue weighted by molar-refractivity contribution is 5.40. The van der Waals surface area contributed by atoms with Crippen LogP contribution in [0.5, 0.6) is 5.75 Å². The van der Waals surface area contributed by atoms with Crippen LogP contribution in [0.3, 0.4) is 0 Å². The van der Waals surface area contributed by atoms with E-state index in [1.807, 2.05) is 6.92 Å². The molecule has 2 heteroatoms. The van der Waals surface area contributed by atoms with Gasteiger partial charge in [-0.25, -0.2) is 0 Å². The van der Waals surface area contributed by atoms with Crippen molar-refractivity contribution in [3.63, 3.8) is 0 Å². The third kappa shape index (κ3) is 5.16. The minimum Gasteiger partial charge on any atom is -0.494 e. The van der Waals surface area contributed by atoms with E-state index in [-0.39, 0.29) is 11.5 Å². The lowest BCUT2D eigenvalue weighted by atomic mass is 9.84. The van der Waals surface area contributed by atoms with Gasteiger partial charge in [-0.05, 0) is 55.2 Å². The summed E-state index contributed by atoms with van der Waals surface area (Å²) in [6.45, 7) is 13.8. The van der Waals surface area contributed by atoms with Crippen LogP contribution < -0.4 is 10.5 Å². The van der Waals surface area contributed by atoms with Gasteiger partial charge in [0, 0.05) is 6.04 Å². The first-order valence-electron chi connectivity index (χ1n) is 7.75. The van der Waals surface area contributed by atoms with Gasteiger partial charge in [-0.3, -0.25) is 0 Å². The first-order chi connectivity index (χ1) is 9.24. The van der Waals surface area contributed by atoms with E-state index in [9.17, 15) is 0 Å². The van der Waals surface area contributed by atoms with E-state index >= 15 is 0 Å². The van der Waals surface area contributed by atoms with Crippen LogP contribution in [0.4, 0.5) is 0 Å². The van der Waals surface area contributed by atoms with Crippen molar-refractivity contribution >= 4 is 0 Å². The second kappa shape index (κ2) is 7.12. The van der Waals surface area contributed by atoms with Gasteiger partial charge in [-0.15, -0.1) is 0 Å². The maximum absolute atomic E-state index is 5.91. The summed E-state index contributed by atoms with van der Waals surface area (Å²) in [5.74, 6) is 1.60. The molecule has 0 radical (unpaired) electrons. The molecule has 0 spiro atoms. The van der Waals surface area contributed by atoms with Crippen molar-refractivity contribution in [2.45, 2.75) is 65.8 Å². The normalized spacial score (nSPS) is 14.9. The largest absolute Gasteiger partial charge is 0.494 e. The number of rotatable bonds is 6. The van der Waals surface area contributed by atoms with Crippen LogP contribution >= 0.6 is 0 Å². The van der Waals surface area contributed by atoms with E-state index in [4.69, 9.17) is 10.5 Å².